The Balaban J connectivity index is 2.24. The van der Waals surface area contributed by atoms with Crippen LogP contribution in [0.4, 0.5) is 0 Å². The van der Waals surface area contributed by atoms with Crippen molar-refractivity contribution in [1.29, 1.82) is 0 Å². The van der Waals surface area contributed by atoms with Crippen molar-refractivity contribution in [3.8, 4) is 0 Å². The molecule has 0 spiro atoms. The van der Waals surface area contributed by atoms with E-state index in [2.05, 4.69) is 15.9 Å². The highest BCUT2D eigenvalue weighted by Gasteiger charge is 2.24. The van der Waals surface area contributed by atoms with Crippen molar-refractivity contribution < 1.29 is 8.42 Å². The molecule has 0 aliphatic rings. The number of nitrogens with zero attached hydrogens (tertiary/aromatic N) is 1. The molecule has 2 rings (SSSR count). The first-order valence-electron chi connectivity index (χ1n) is 5.26. The lowest BCUT2D eigenvalue weighted by Gasteiger charge is -2.14. The summed E-state index contributed by atoms with van der Waals surface area (Å²) in [7, 11) is -1.90. The molecule has 0 unspecified atom stereocenters. The van der Waals surface area contributed by atoms with Crippen molar-refractivity contribution >= 4 is 60.2 Å². The number of hydrogen-bond acceptors (Lipinski definition) is 4. The van der Waals surface area contributed by atoms with Crippen molar-refractivity contribution in [1.82, 2.24) is 4.31 Å². The maximum Gasteiger partial charge on any atom is 0.252 e. The largest absolute Gasteiger partial charge is 0.252 e. The zero-order chi connectivity index (χ0) is 14.2. The first-order chi connectivity index (χ1) is 8.80. The molecule has 2 aromatic rings. The van der Waals surface area contributed by atoms with Crippen LogP contribution in [0, 0.1) is 6.92 Å². The fourth-order valence-electron chi connectivity index (χ4n) is 1.45. The van der Waals surface area contributed by atoms with Crippen molar-refractivity contribution in [2.24, 2.45) is 0 Å². The Morgan fingerprint density at radius 1 is 1.42 bits per heavy atom. The Labute approximate surface area is 134 Å². The van der Waals surface area contributed by atoms with Crippen LogP contribution in [0.2, 0.25) is 4.34 Å². The van der Waals surface area contributed by atoms with Gasteiger partial charge < -0.3 is 0 Å². The van der Waals surface area contributed by atoms with Crippen LogP contribution in [-0.2, 0) is 16.6 Å². The first kappa shape index (κ1) is 15.5. The van der Waals surface area contributed by atoms with E-state index < -0.39 is 10.0 Å². The third-order valence-electron chi connectivity index (χ3n) is 2.50. The maximum atomic E-state index is 12.4. The van der Waals surface area contributed by atoms with Gasteiger partial charge in [0.1, 0.15) is 4.21 Å². The molecule has 0 radical (unpaired) electrons. The van der Waals surface area contributed by atoms with E-state index in [0.717, 1.165) is 26.3 Å². The van der Waals surface area contributed by atoms with E-state index in [1.54, 1.807) is 20.0 Å². The Kier molecular flexibility index (Phi) is 4.75. The second kappa shape index (κ2) is 5.83. The zero-order valence-electron chi connectivity index (χ0n) is 10.2. The molecule has 19 heavy (non-hydrogen) atoms. The minimum atomic E-state index is -3.47. The predicted molar refractivity (Wildman–Crippen MR) is 84.7 cm³/mol. The first-order valence-corrected chi connectivity index (χ1v) is 9.56. The Bertz CT molecular complexity index is 673. The SMILES string of the molecule is Cc1cc(S(=O)(=O)N(C)Cc2cc(Br)cs2)sc1Cl. The molecule has 2 aromatic heterocycles. The number of halogens is 2. The zero-order valence-corrected chi connectivity index (χ0v) is 15.0. The summed E-state index contributed by atoms with van der Waals surface area (Å²) < 4.78 is 27.9. The summed E-state index contributed by atoms with van der Waals surface area (Å²) in [5.41, 5.74) is 0.789. The molecular formula is C11H11BrClNO2S3. The lowest BCUT2D eigenvalue weighted by molar-refractivity contribution is 0.471. The Morgan fingerprint density at radius 3 is 2.58 bits per heavy atom. The van der Waals surface area contributed by atoms with Gasteiger partial charge in [0.05, 0.1) is 4.34 Å². The number of aryl methyl sites for hydroxylation is 1. The van der Waals surface area contributed by atoms with Gasteiger partial charge in [-0.15, -0.1) is 22.7 Å². The average molecular weight is 401 g/mol. The third kappa shape index (κ3) is 3.40. The van der Waals surface area contributed by atoms with Crippen LogP contribution < -0.4 is 0 Å². The van der Waals surface area contributed by atoms with Crippen molar-refractivity contribution in [2.75, 3.05) is 7.05 Å². The van der Waals surface area contributed by atoms with E-state index in [1.165, 1.54) is 15.6 Å². The molecule has 0 N–H and O–H groups in total. The highest BCUT2D eigenvalue weighted by Crippen LogP contribution is 2.32. The summed E-state index contributed by atoms with van der Waals surface area (Å²) in [6.07, 6.45) is 0. The summed E-state index contributed by atoms with van der Waals surface area (Å²) in [6, 6.07) is 3.53. The predicted octanol–water partition coefficient (Wildman–Crippen LogP) is 4.35. The quantitative estimate of drug-likeness (QED) is 0.765. The van der Waals surface area contributed by atoms with Gasteiger partial charge in [-0.25, -0.2) is 8.42 Å². The van der Waals surface area contributed by atoms with E-state index in [9.17, 15) is 8.42 Å². The van der Waals surface area contributed by atoms with Gasteiger partial charge in [-0.1, -0.05) is 11.6 Å². The molecule has 3 nitrogen and oxygen atoms in total. The highest BCUT2D eigenvalue weighted by atomic mass is 79.9. The smallest absolute Gasteiger partial charge is 0.206 e. The molecule has 0 bridgehead atoms. The van der Waals surface area contributed by atoms with Crippen LogP contribution in [-0.4, -0.2) is 19.8 Å². The number of thiophene rings is 2. The summed E-state index contributed by atoms with van der Waals surface area (Å²) in [5.74, 6) is 0. The monoisotopic (exact) mass is 399 g/mol. The molecule has 0 aromatic carbocycles. The van der Waals surface area contributed by atoms with E-state index in [4.69, 9.17) is 11.6 Å². The Hall–Kier alpha value is 0.0800. The lowest BCUT2D eigenvalue weighted by Crippen LogP contribution is -2.25. The highest BCUT2D eigenvalue weighted by molar-refractivity contribution is 9.10. The van der Waals surface area contributed by atoms with Gasteiger partial charge in [-0.3, -0.25) is 0 Å². The standard InChI is InChI=1S/C11H11BrClNO2S3/c1-7-3-10(18-11(7)13)19(15,16)14(2)5-9-4-8(12)6-17-9/h3-4,6H,5H2,1-2H3. The molecule has 2 heterocycles. The lowest BCUT2D eigenvalue weighted by atomic mass is 10.4. The van der Waals surface area contributed by atoms with Gasteiger partial charge >= 0.3 is 0 Å². The van der Waals surface area contributed by atoms with Crippen LogP contribution in [0.3, 0.4) is 0 Å². The van der Waals surface area contributed by atoms with E-state index in [1.807, 2.05) is 11.4 Å². The van der Waals surface area contributed by atoms with E-state index in [-0.39, 0.29) is 4.21 Å². The molecule has 0 aliphatic carbocycles. The second-order valence-corrected chi connectivity index (χ2v) is 9.85. The normalized spacial score (nSPS) is 12.3. The van der Waals surface area contributed by atoms with Crippen LogP contribution in [0.5, 0.6) is 0 Å². The molecular weight excluding hydrogens is 390 g/mol. The van der Waals surface area contributed by atoms with E-state index >= 15 is 0 Å². The molecule has 104 valence electrons. The van der Waals surface area contributed by atoms with Gasteiger partial charge in [0.25, 0.3) is 10.0 Å². The fourth-order valence-corrected chi connectivity index (χ4v) is 6.11. The summed E-state index contributed by atoms with van der Waals surface area (Å²) in [4.78, 5) is 0.984. The fraction of sp³-hybridized carbons (Fsp3) is 0.273. The minimum absolute atomic E-state index is 0.285. The summed E-state index contributed by atoms with van der Waals surface area (Å²) in [5, 5.41) is 1.93. The van der Waals surface area contributed by atoms with Crippen molar-refractivity contribution in [3.63, 3.8) is 0 Å². The maximum absolute atomic E-state index is 12.4. The van der Waals surface area contributed by atoms with Crippen LogP contribution in [0.1, 0.15) is 10.4 Å². The number of rotatable bonds is 4. The van der Waals surface area contributed by atoms with Gasteiger partial charge in [0.15, 0.2) is 0 Å². The Morgan fingerprint density at radius 2 is 2.11 bits per heavy atom. The van der Waals surface area contributed by atoms with Gasteiger partial charge in [0.2, 0.25) is 0 Å². The van der Waals surface area contributed by atoms with Gasteiger partial charge in [0, 0.05) is 28.3 Å². The molecule has 0 atom stereocenters. The van der Waals surface area contributed by atoms with Gasteiger partial charge in [-0.2, -0.15) is 4.31 Å². The summed E-state index contributed by atoms with van der Waals surface area (Å²) >= 11 is 11.9. The van der Waals surface area contributed by atoms with Crippen molar-refractivity contribution in [3.05, 3.63) is 36.8 Å². The van der Waals surface area contributed by atoms with Crippen LogP contribution in [0.25, 0.3) is 0 Å². The molecule has 8 heteroatoms. The minimum Gasteiger partial charge on any atom is -0.206 e. The number of sulfonamides is 1. The van der Waals surface area contributed by atoms with Gasteiger partial charge in [-0.05, 0) is 40.5 Å². The second-order valence-electron chi connectivity index (χ2n) is 4.01. The van der Waals surface area contributed by atoms with E-state index in [0.29, 0.717) is 10.9 Å². The topological polar surface area (TPSA) is 37.4 Å². The summed E-state index contributed by atoms with van der Waals surface area (Å²) in [6.45, 7) is 2.15. The third-order valence-corrected chi connectivity index (χ3v) is 7.99. The molecule has 0 saturated heterocycles. The average Bonchev–Trinajstić information content (AvgIpc) is 2.87. The molecule has 0 fully saturated rings. The molecule has 0 amide bonds. The van der Waals surface area contributed by atoms with Crippen LogP contribution >= 0.6 is 50.2 Å². The number of hydrogen-bond donors (Lipinski definition) is 0. The molecule has 0 saturated carbocycles. The van der Waals surface area contributed by atoms with Crippen LogP contribution in [0.15, 0.2) is 26.2 Å². The van der Waals surface area contributed by atoms with Crippen molar-refractivity contribution in [2.45, 2.75) is 17.7 Å². The molecule has 0 aliphatic heterocycles.